The number of ether oxygens (including phenoxy) is 1. The number of aromatic nitrogens is 2. The Kier molecular flexibility index (Phi) is 5.50. The monoisotopic (exact) mass is 469 g/mol. The lowest BCUT2D eigenvalue weighted by molar-refractivity contribution is 0.0686. The maximum atomic E-state index is 12.8. The standard InChI is InChI=1S/C26H19N3O6/c30-24(31)15-6-5-7-16(12-15)29-23(21(13-27-29)25(32)33)28-26(34)35-14-22-19-10-3-1-8-17(19)18-9-2-4-11-20(18)22/h1-13,22H,14H2,(H,28,34)(H,30,31)(H,32,33). The second-order valence-corrected chi connectivity index (χ2v) is 7.93. The normalized spacial score (nSPS) is 12.0. The number of carboxylic acids is 2. The summed E-state index contributed by atoms with van der Waals surface area (Å²) in [6, 6.07) is 21.6. The Labute approximate surface area is 199 Å². The molecule has 9 nitrogen and oxygen atoms in total. The van der Waals surface area contributed by atoms with Gasteiger partial charge in [-0.05, 0) is 40.5 Å². The fraction of sp³-hybridized carbons (Fsp3) is 0.0769. The third-order valence-corrected chi connectivity index (χ3v) is 5.90. The zero-order valence-corrected chi connectivity index (χ0v) is 18.2. The van der Waals surface area contributed by atoms with Gasteiger partial charge in [0.05, 0.1) is 17.4 Å². The van der Waals surface area contributed by atoms with E-state index in [1.165, 1.54) is 18.2 Å². The number of hydrogen-bond acceptors (Lipinski definition) is 5. The molecule has 1 aliphatic carbocycles. The van der Waals surface area contributed by atoms with Crippen LogP contribution in [0.2, 0.25) is 0 Å². The van der Waals surface area contributed by atoms with Gasteiger partial charge in [-0.15, -0.1) is 0 Å². The Balaban J connectivity index is 1.39. The summed E-state index contributed by atoms with van der Waals surface area (Å²) in [6.45, 7) is 0.0465. The molecule has 0 saturated carbocycles. The Morgan fingerprint density at radius 1 is 0.886 bits per heavy atom. The minimum absolute atomic E-state index is 0.0121. The highest BCUT2D eigenvalue weighted by Crippen LogP contribution is 2.44. The molecule has 0 unspecified atom stereocenters. The van der Waals surface area contributed by atoms with Gasteiger partial charge in [0.15, 0.2) is 5.82 Å². The number of fused-ring (bicyclic) bond motifs is 3. The van der Waals surface area contributed by atoms with Crippen molar-refractivity contribution in [2.24, 2.45) is 0 Å². The van der Waals surface area contributed by atoms with Crippen LogP contribution in [-0.4, -0.2) is 44.6 Å². The number of carbonyl (C=O) groups excluding carboxylic acids is 1. The second kappa shape index (κ2) is 8.79. The molecule has 3 aromatic carbocycles. The molecule has 1 aliphatic rings. The number of nitrogens with zero attached hydrogens (tertiary/aromatic N) is 2. The summed E-state index contributed by atoms with van der Waals surface area (Å²) < 4.78 is 6.67. The molecule has 0 radical (unpaired) electrons. The first kappa shape index (κ1) is 21.9. The van der Waals surface area contributed by atoms with Crippen LogP contribution in [0.25, 0.3) is 16.8 Å². The maximum Gasteiger partial charge on any atom is 0.412 e. The third-order valence-electron chi connectivity index (χ3n) is 5.90. The highest BCUT2D eigenvalue weighted by molar-refractivity contribution is 5.98. The van der Waals surface area contributed by atoms with E-state index in [2.05, 4.69) is 10.4 Å². The van der Waals surface area contributed by atoms with E-state index < -0.39 is 18.0 Å². The van der Waals surface area contributed by atoms with E-state index in [-0.39, 0.29) is 35.2 Å². The second-order valence-electron chi connectivity index (χ2n) is 7.93. The third kappa shape index (κ3) is 3.99. The molecule has 35 heavy (non-hydrogen) atoms. The number of anilines is 1. The molecule has 1 heterocycles. The van der Waals surface area contributed by atoms with Gasteiger partial charge < -0.3 is 14.9 Å². The quantitative estimate of drug-likeness (QED) is 0.375. The molecule has 5 rings (SSSR count). The van der Waals surface area contributed by atoms with Crippen molar-refractivity contribution in [3.8, 4) is 16.8 Å². The minimum atomic E-state index is -1.31. The summed E-state index contributed by atoms with van der Waals surface area (Å²) in [6.07, 6.45) is 0.222. The molecule has 9 heteroatoms. The minimum Gasteiger partial charge on any atom is -0.478 e. The Morgan fingerprint density at radius 2 is 1.54 bits per heavy atom. The van der Waals surface area contributed by atoms with E-state index in [4.69, 9.17) is 4.74 Å². The number of rotatable bonds is 6. The lowest BCUT2D eigenvalue weighted by atomic mass is 9.98. The average Bonchev–Trinajstić information content (AvgIpc) is 3.42. The van der Waals surface area contributed by atoms with Crippen LogP contribution in [0.4, 0.5) is 10.6 Å². The molecular formula is C26H19N3O6. The van der Waals surface area contributed by atoms with Crippen LogP contribution in [-0.2, 0) is 4.74 Å². The highest BCUT2D eigenvalue weighted by atomic mass is 16.5. The zero-order chi connectivity index (χ0) is 24.5. The van der Waals surface area contributed by atoms with Gasteiger partial charge in [0.25, 0.3) is 0 Å². The molecule has 1 amide bonds. The highest BCUT2D eigenvalue weighted by Gasteiger charge is 2.29. The van der Waals surface area contributed by atoms with Gasteiger partial charge in [-0.3, -0.25) is 5.32 Å². The van der Waals surface area contributed by atoms with Gasteiger partial charge in [0.2, 0.25) is 0 Å². The summed E-state index contributed by atoms with van der Waals surface area (Å²) in [5.41, 5.74) is 4.25. The number of amides is 1. The van der Waals surface area contributed by atoms with E-state index in [1.54, 1.807) is 6.07 Å². The van der Waals surface area contributed by atoms with Crippen molar-refractivity contribution in [2.45, 2.75) is 5.92 Å². The predicted molar refractivity (Wildman–Crippen MR) is 126 cm³/mol. The fourth-order valence-corrected chi connectivity index (χ4v) is 4.32. The van der Waals surface area contributed by atoms with Crippen molar-refractivity contribution in [1.82, 2.24) is 9.78 Å². The van der Waals surface area contributed by atoms with Gasteiger partial charge in [-0.1, -0.05) is 54.6 Å². The summed E-state index contributed by atoms with van der Waals surface area (Å²) in [5.74, 6) is -2.76. The van der Waals surface area contributed by atoms with Crippen LogP contribution in [0.3, 0.4) is 0 Å². The lowest BCUT2D eigenvalue weighted by Gasteiger charge is -2.15. The van der Waals surface area contributed by atoms with E-state index in [9.17, 15) is 24.6 Å². The molecule has 0 fully saturated rings. The summed E-state index contributed by atoms with van der Waals surface area (Å²) in [7, 11) is 0. The van der Waals surface area contributed by atoms with Gasteiger partial charge >= 0.3 is 18.0 Å². The van der Waals surface area contributed by atoms with Crippen molar-refractivity contribution in [3.05, 3.63) is 101 Å². The van der Waals surface area contributed by atoms with Crippen molar-refractivity contribution in [3.63, 3.8) is 0 Å². The Hall–Kier alpha value is -4.92. The van der Waals surface area contributed by atoms with Crippen LogP contribution >= 0.6 is 0 Å². The maximum absolute atomic E-state index is 12.8. The molecule has 3 N–H and O–H groups in total. The molecule has 0 spiro atoms. The van der Waals surface area contributed by atoms with Gasteiger partial charge in [-0.2, -0.15) is 5.10 Å². The van der Waals surface area contributed by atoms with E-state index >= 15 is 0 Å². The van der Waals surface area contributed by atoms with Crippen LogP contribution in [0.15, 0.2) is 79.0 Å². The van der Waals surface area contributed by atoms with E-state index in [0.29, 0.717) is 0 Å². The number of benzene rings is 3. The fourth-order valence-electron chi connectivity index (χ4n) is 4.32. The molecule has 174 valence electrons. The molecular weight excluding hydrogens is 450 g/mol. The number of nitrogens with one attached hydrogen (secondary N) is 1. The Bertz CT molecular complexity index is 1430. The smallest absolute Gasteiger partial charge is 0.412 e. The van der Waals surface area contributed by atoms with Crippen molar-refractivity contribution in [1.29, 1.82) is 0 Å². The summed E-state index contributed by atoms with van der Waals surface area (Å²) in [5, 5.41) is 25.3. The summed E-state index contributed by atoms with van der Waals surface area (Å²) >= 11 is 0. The Morgan fingerprint density at radius 3 is 2.17 bits per heavy atom. The van der Waals surface area contributed by atoms with Crippen LogP contribution < -0.4 is 5.32 Å². The van der Waals surface area contributed by atoms with Crippen LogP contribution in [0.5, 0.6) is 0 Å². The molecule has 4 aromatic rings. The predicted octanol–water partition coefficient (Wildman–Crippen LogP) is 4.63. The van der Waals surface area contributed by atoms with Crippen molar-refractivity contribution < 1.29 is 29.3 Å². The number of aromatic carboxylic acids is 2. The van der Waals surface area contributed by atoms with E-state index in [1.807, 2.05) is 48.5 Å². The van der Waals surface area contributed by atoms with Gasteiger partial charge in [0, 0.05) is 5.92 Å². The number of hydrogen-bond donors (Lipinski definition) is 3. The molecule has 0 atom stereocenters. The van der Waals surface area contributed by atoms with Gasteiger partial charge in [-0.25, -0.2) is 19.1 Å². The first-order valence-corrected chi connectivity index (χ1v) is 10.7. The first-order valence-electron chi connectivity index (χ1n) is 10.7. The largest absolute Gasteiger partial charge is 0.478 e. The average molecular weight is 469 g/mol. The topological polar surface area (TPSA) is 131 Å². The SMILES string of the molecule is O=C(Nc1c(C(=O)O)cnn1-c1cccc(C(=O)O)c1)OCC1c2ccccc2-c2ccccc21. The number of carboxylic acid groups (broad SMARTS) is 2. The van der Waals surface area contributed by atoms with Crippen molar-refractivity contribution in [2.75, 3.05) is 11.9 Å². The number of carbonyl (C=O) groups is 3. The zero-order valence-electron chi connectivity index (χ0n) is 18.2. The molecule has 0 aliphatic heterocycles. The summed E-state index contributed by atoms with van der Waals surface area (Å²) in [4.78, 5) is 35.8. The molecule has 0 bridgehead atoms. The van der Waals surface area contributed by atoms with Gasteiger partial charge in [0.1, 0.15) is 12.2 Å². The van der Waals surface area contributed by atoms with E-state index in [0.717, 1.165) is 33.1 Å². The molecule has 1 aromatic heterocycles. The molecule has 0 saturated heterocycles. The first-order chi connectivity index (χ1) is 16.9. The van der Waals surface area contributed by atoms with Crippen LogP contribution in [0, 0.1) is 0 Å². The lowest BCUT2D eigenvalue weighted by Crippen LogP contribution is -2.21. The van der Waals surface area contributed by atoms with Crippen molar-refractivity contribution >= 4 is 23.8 Å². The van der Waals surface area contributed by atoms with Crippen LogP contribution in [0.1, 0.15) is 37.8 Å².